The molecule has 0 N–H and O–H groups in total. The van der Waals surface area contributed by atoms with E-state index in [9.17, 15) is 9.59 Å². The number of carbonyl (C=O) groups excluding carboxylic acids is 2. The topological polar surface area (TPSA) is 84.5 Å². The number of rotatable bonds is 6. The van der Waals surface area contributed by atoms with Crippen LogP contribution in [0.1, 0.15) is 48.0 Å². The fraction of sp³-hybridized carbons (Fsp3) is 0.478. The van der Waals surface area contributed by atoms with E-state index in [1.165, 1.54) is 0 Å². The highest BCUT2D eigenvalue weighted by Gasteiger charge is 2.27. The summed E-state index contributed by atoms with van der Waals surface area (Å²) in [6.07, 6.45) is 4.09. The van der Waals surface area contributed by atoms with Gasteiger partial charge < -0.3 is 18.9 Å². The Kier molecular flexibility index (Phi) is 6.06. The van der Waals surface area contributed by atoms with Gasteiger partial charge in [-0.05, 0) is 50.8 Å². The number of likely N-dealkylation sites (tertiary alicyclic amines) is 1. The molecule has 0 bridgehead atoms. The molecule has 31 heavy (non-hydrogen) atoms. The number of hydrogen-bond acceptors (Lipinski definition) is 5. The second-order valence-electron chi connectivity index (χ2n) is 8.38. The highest BCUT2D eigenvalue weighted by molar-refractivity contribution is 5.97. The van der Waals surface area contributed by atoms with Gasteiger partial charge in [0.2, 0.25) is 5.91 Å². The summed E-state index contributed by atoms with van der Waals surface area (Å²) in [5.74, 6) is 0.967. The van der Waals surface area contributed by atoms with Gasteiger partial charge in [-0.2, -0.15) is 0 Å². The number of hydrogen-bond donors (Lipinski definition) is 0. The summed E-state index contributed by atoms with van der Waals surface area (Å²) in [6, 6.07) is 7.54. The van der Waals surface area contributed by atoms with Crippen molar-refractivity contribution < 1.29 is 14.1 Å². The maximum absolute atomic E-state index is 13.1. The first-order valence-corrected chi connectivity index (χ1v) is 10.8. The molecule has 4 rings (SSSR count). The van der Waals surface area contributed by atoms with Gasteiger partial charge >= 0.3 is 0 Å². The molecule has 2 amide bonds. The van der Waals surface area contributed by atoms with E-state index in [1.54, 1.807) is 18.3 Å². The van der Waals surface area contributed by atoms with Crippen molar-refractivity contribution in [2.75, 3.05) is 20.1 Å². The number of amides is 2. The Bertz CT molecular complexity index is 1090. The summed E-state index contributed by atoms with van der Waals surface area (Å²) in [7, 11) is 1.78. The molecule has 1 aromatic carbocycles. The molecule has 2 aromatic heterocycles. The average Bonchev–Trinajstić information content (AvgIpc) is 3.38. The second-order valence-corrected chi connectivity index (χ2v) is 8.38. The van der Waals surface area contributed by atoms with Crippen molar-refractivity contribution in [3.05, 3.63) is 47.6 Å². The SMILES string of the molecule is CCn1cnc2cc(C(=O)N3CCCC(CC(=O)N(C)Cc4cc(C)on4)C3)ccc21. The van der Waals surface area contributed by atoms with Crippen molar-refractivity contribution in [1.29, 1.82) is 0 Å². The van der Waals surface area contributed by atoms with Gasteiger partial charge in [0.1, 0.15) is 11.5 Å². The van der Waals surface area contributed by atoms with E-state index in [2.05, 4.69) is 21.6 Å². The molecule has 1 saturated heterocycles. The molecule has 0 radical (unpaired) electrons. The van der Waals surface area contributed by atoms with Crippen molar-refractivity contribution in [1.82, 2.24) is 24.5 Å². The van der Waals surface area contributed by atoms with Crippen LogP contribution in [0.15, 0.2) is 35.1 Å². The van der Waals surface area contributed by atoms with Crippen molar-refractivity contribution in [3.8, 4) is 0 Å². The lowest BCUT2D eigenvalue weighted by molar-refractivity contribution is -0.131. The summed E-state index contributed by atoms with van der Waals surface area (Å²) < 4.78 is 7.13. The normalized spacial score (nSPS) is 16.6. The first-order chi connectivity index (χ1) is 14.9. The van der Waals surface area contributed by atoms with Gasteiger partial charge in [0.05, 0.1) is 23.9 Å². The third-order valence-electron chi connectivity index (χ3n) is 5.98. The predicted molar refractivity (Wildman–Crippen MR) is 116 cm³/mol. The summed E-state index contributed by atoms with van der Waals surface area (Å²) in [5, 5.41) is 3.95. The van der Waals surface area contributed by atoms with E-state index in [4.69, 9.17) is 4.52 Å². The highest BCUT2D eigenvalue weighted by Crippen LogP contribution is 2.23. The van der Waals surface area contributed by atoms with Crippen LogP contribution < -0.4 is 0 Å². The van der Waals surface area contributed by atoms with Crippen molar-refractivity contribution in [3.63, 3.8) is 0 Å². The molecule has 8 nitrogen and oxygen atoms in total. The van der Waals surface area contributed by atoms with Gasteiger partial charge in [-0.15, -0.1) is 0 Å². The summed E-state index contributed by atoms with van der Waals surface area (Å²) in [6.45, 7) is 6.49. The first kappa shape index (κ1) is 21.1. The van der Waals surface area contributed by atoms with Gasteiger partial charge in [-0.25, -0.2) is 4.98 Å². The maximum atomic E-state index is 13.1. The zero-order valence-electron chi connectivity index (χ0n) is 18.4. The Balaban J connectivity index is 1.37. The van der Waals surface area contributed by atoms with E-state index in [-0.39, 0.29) is 17.7 Å². The van der Waals surface area contributed by atoms with E-state index in [0.717, 1.165) is 48.4 Å². The quantitative estimate of drug-likeness (QED) is 0.608. The molecular weight excluding hydrogens is 394 g/mol. The average molecular weight is 424 g/mol. The number of aromatic nitrogens is 3. The lowest BCUT2D eigenvalue weighted by Gasteiger charge is -2.33. The van der Waals surface area contributed by atoms with Crippen LogP contribution in [0.5, 0.6) is 0 Å². The molecule has 0 saturated carbocycles. The number of benzene rings is 1. The lowest BCUT2D eigenvalue weighted by atomic mass is 9.93. The van der Waals surface area contributed by atoms with Crippen molar-refractivity contribution in [2.45, 2.75) is 46.2 Å². The van der Waals surface area contributed by atoms with Crippen molar-refractivity contribution in [2.24, 2.45) is 5.92 Å². The number of nitrogens with zero attached hydrogens (tertiary/aromatic N) is 5. The van der Waals surface area contributed by atoms with Crippen LogP contribution in [-0.2, 0) is 17.9 Å². The maximum Gasteiger partial charge on any atom is 0.253 e. The fourth-order valence-corrected chi connectivity index (χ4v) is 4.27. The highest BCUT2D eigenvalue weighted by atomic mass is 16.5. The van der Waals surface area contributed by atoms with Crippen LogP contribution >= 0.6 is 0 Å². The minimum atomic E-state index is 0.0107. The van der Waals surface area contributed by atoms with Gasteiger partial charge in [0, 0.05) is 44.7 Å². The molecule has 1 atom stereocenters. The van der Waals surface area contributed by atoms with Gasteiger partial charge in [0.15, 0.2) is 0 Å². The monoisotopic (exact) mass is 423 g/mol. The van der Waals surface area contributed by atoms with E-state index < -0.39 is 0 Å². The molecule has 3 aromatic rings. The second kappa shape index (κ2) is 8.91. The van der Waals surface area contributed by atoms with Crippen LogP contribution in [0, 0.1) is 12.8 Å². The standard InChI is InChI=1S/C23H29N5O3/c1-4-27-15-24-20-12-18(7-8-21(20)27)23(30)28-9-5-6-17(13-28)11-22(29)26(3)14-19-10-16(2)31-25-19/h7-8,10,12,15,17H,4-6,9,11,13-14H2,1-3H3. The van der Waals surface area contributed by atoms with Crippen molar-refractivity contribution >= 4 is 22.8 Å². The smallest absolute Gasteiger partial charge is 0.253 e. The predicted octanol–water partition coefficient (Wildman–Crippen LogP) is 3.25. The minimum absolute atomic E-state index is 0.0107. The molecule has 1 fully saturated rings. The molecule has 8 heteroatoms. The van der Waals surface area contributed by atoms with Crippen LogP contribution in [0.4, 0.5) is 0 Å². The number of fused-ring (bicyclic) bond motifs is 1. The van der Waals surface area contributed by atoms with Gasteiger partial charge in [0.25, 0.3) is 5.91 Å². The molecule has 0 aliphatic carbocycles. The molecule has 164 valence electrons. The van der Waals surface area contributed by atoms with E-state index in [0.29, 0.717) is 25.1 Å². The van der Waals surface area contributed by atoms with Crippen LogP contribution in [0.2, 0.25) is 0 Å². The minimum Gasteiger partial charge on any atom is -0.361 e. The summed E-state index contributed by atoms with van der Waals surface area (Å²) >= 11 is 0. The molecule has 0 spiro atoms. The van der Waals surface area contributed by atoms with Crippen LogP contribution in [0.3, 0.4) is 0 Å². The molecule has 1 aliphatic heterocycles. The molecule has 3 heterocycles. The van der Waals surface area contributed by atoms with Crippen LogP contribution in [0.25, 0.3) is 11.0 Å². The summed E-state index contributed by atoms with van der Waals surface area (Å²) in [5.41, 5.74) is 3.27. The number of imidazole rings is 1. The van der Waals surface area contributed by atoms with E-state index >= 15 is 0 Å². The molecule has 1 unspecified atom stereocenters. The third kappa shape index (κ3) is 4.62. The summed E-state index contributed by atoms with van der Waals surface area (Å²) in [4.78, 5) is 33.8. The number of aryl methyl sites for hydroxylation is 2. The number of carbonyl (C=O) groups is 2. The molecule has 1 aliphatic rings. The zero-order chi connectivity index (χ0) is 22.0. The Morgan fingerprint density at radius 1 is 1.29 bits per heavy atom. The Hall–Kier alpha value is -3.16. The Morgan fingerprint density at radius 3 is 2.87 bits per heavy atom. The largest absolute Gasteiger partial charge is 0.361 e. The lowest BCUT2D eigenvalue weighted by Crippen LogP contribution is -2.41. The van der Waals surface area contributed by atoms with Gasteiger partial charge in [-0.3, -0.25) is 9.59 Å². The van der Waals surface area contributed by atoms with Gasteiger partial charge in [-0.1, -0.05) is 5.16 Å². The zero-order valence-corrected chi connectivity index (χ0v) is 18.4. The third-order valence-corrected chi connectivity index (χ3v) is 5.98. The Morgan fingerprint density at radius 2 is 2.13 bits per heavy atom. The Labute approximate surface area is 181 Å². The first-order valence-electron chi connectivity index (χ1n) is 10.8. The molecular formula is C23H29N5O3. The van der Waals surface area contributed by atoms with E-state index in [1.807, 2.05) is 36.1 Å². The van der Waals surface area contributed by atoms with Crippen LogP contribution in [-0.4, -0.2) is 56.5 Å². The number of piperidine rings is 1. The fourth-order valence-electron chi connectivity index (χ4n) is 4.27.